The van der Waals surface area contributed by atoms with Gasteiger partial charge in [0.1, 0.15) is 10.8 Å². The molecule has 1 heterocycles. The lowest BCUT2D eigenvalue weighted by Crippen LogP contribution is -2.16. The number of anilines is 1. The van der Waals surface area contributed by atoms with Crippen LogP contribution in [0.4, 0.5) is 5.00 Å². The van der Waals surface area contributed by atoms with E-state index in [9.17, 15) is 9.59 Å². The molecule has 2 aromatic rings. The smallest absolute Gasteiger partial charge is 0.341 e. The zero-order chi connectivity index (χ0) is 18.7. The lowest BCUT2D eigenvalue weighted by Gasteiger charge is -2.12. The minimum absolute atomic E-state index is 0.179. The summed E-state index contributed by atoms with van der Waals surface area (Å²) in [6.07, 6.45) is 0. The van der Waals surface area contributed by atoms with Crippen molar-refractivity contribution in [3.8, 4) is 5.75 Å². The Kier molecular flexibility index (Phi) is 6.32. The van der Waals surface area contributed by atoms with Crippen LogP contribution in [0.15, 0.2) is 12.1 Å². The molecule has 0 saturated carbocycles. The minimum atomic E-state index is -0.479. The average molecular weight is 402 g/mol. The van der Waals surface area contributed by atoms with Crippen LogP contribution in [0.25, 0.3) is 0 Å². The first-order chi connectivity index (χ1) is 11.8. The van der Waals surface area contributed by atoms with Gasteiger partial charge in [-0.3, -0.25) is 4.79 Å². The molecule has 1 amide bonds. The van der Waals surface area contributed by atoms with Crippen molar-refractivity contribution in [2.45, 2.75) is 20.8 Å². The fourth-order valence-electron chi connectivity index (χ4n) is 2.27. The van der Waals surface area contributed by atoms with Crippen molar-refractivity contribution in [3.63, 3.8) is 0 Å². The summed E-state index contributed by atoms with van der Waals surface area (Å²) < 4.78 is 10.3. The first kappa shape index (κ1) is 19.6. The maximum absolute atomic E-state index is 12.7. The molecule has 0 aliphatic rings. The van der Waals surface area contributed by atoms with Gasteiger partial charge < -0.3 is 14.8 Å². The van der Waals surface area contributed by atoms with E-state index in [0.717, 1.165) is 10.4 Å². The number of nitrogens with one attached hydrogen (secondary N) is 1. The van der Waals surface area contributed by atoms with E-state index in [1.807, 2.05) is 13.8 Å². The van der Waals surface area contributed by atoms with Crippen molar-refractivity contribution >= 4 is 51.4 Å². The number of carbonyl (C=O) groups is 2. The normalized spacial score (nSPS) is 10.5. The summed E-state index contributed by atoms with van der Waals surface area (Å²) >= 11 is 13.4. The number of thiophene rings is 1. The van der Waals surface area contributed by atoms with Crippen LogP contribution in [-0.4, -0.2) is 25.6 Å². The third kappa shape index (κ3) is 4.08. The highest BCUT2D eigenvalue weighted by atomic mass is 35.5. The summed E-state index contributed by atoms with van der Waals surface area (Å²) in [7, 11) is 1.41. The Morgan fingerprint density at radius 3 is 2.52 bits per heavy atom. The van der Waals surface area contributed by atoms with Crippen LogP contribution >= 0.6 is 34.5 Å². The van der Waals surface area contributed by atoms with Crippen LogP contribution in [0.3, 0.4) is 0 Å². The van der Waals surface area contributed by atoms with Crippen molar-refractivity contribution in [1.82, 2.24) is 0 Å². The van der Waals surface area contributed by atoms with Gasteiger partial charge in [-0.25, -0.2) is 4.79 Å². The van der Waals surface area contributed by atoms with Gasteiger partial charge in [-0.2, -0.15) is 0 Å². The molecule has 1 aromatic heterocycles. The first-order valence-electron chi connectivity index (χ1n) is 7.41. The Balaban J connectivity index is 2.43. The molecule has 0 fully saturated rings. The highest BCUT2D eigenvalue weighted by Gasteiger charge is 2.24. The maximum atomic E-state index is 12.7. The summed E-state index contributed by atoms with van der Waals surface area (Å²) in [5.41, 5.74) is 1.30. The van der Waals surface area contributed by atoms with Crippen LogP contribution in [0.1, 0.15) is 38.1 Å². The van der Waals surface area contributed by atoms with Gasteiger partial charge >= 0.3 is 5.97 Å². The minimum Gasteiger partial charge on any atom is -0.494 e. The van der Waals surface area contributed by atoms with Gasteiger partial charge in [0.05, 0.1) is 29.9 Å². The standard InChI is InChI=1S/C17H17Cl2NO4S/c1-5-24-17(22)13-8(2)9(3)25-16(13)20-15(21)11-6-10(18)7-12(19)14(11)23-4/h6-7H,5H2,1-4H3,(H,20,21). The zero-order valence-corrected chi connectivity index (χ0v) is 16.5. The zero-order valence-electron chi connectivity index (χ0n) is 14.2. The Morgan fingerprint density at radius 1 is 1.24 bits per heavy atom. The summed E-state index contributed by atoms with van der Waals surface area (Å²) in [4.78, 5) is 25.8. The van der Waals surface area contributed by atoms with Crippen LogP contribution in [-0.2, 0) is 4.74 Å². The van der Waals surface area contributed by atoms with E-state index in [0.29, 0.717) is 15.6 Å². The third-order valence-electron chi connectivity index (χ3n) is 3.55. The largest absolute Gasteiger partial charge is 0.494 e. The van der Waals surface area contributed by atoms with E-state index >= 15 is 0 Å². The van der Waals surface area contributed by atoms with Crippen LogP contribution in [0.2, 0.25) is 10.0 Å². The molecule has 2 rings (SSSR count). The number of hydrogen-bond donors (Lipinski definition) is 1. The maximum Gasteiger partial charge on any atom is 0.341 e. The second kappa shape index (κ2) is 8.08. The molecule has 0 aliphatic heterocycles. The molecular formula is C17H17Cl2NO4S. The Morgan fingerprint density at radius 2 is 1.92 bits per heavy atom. The van der Waals surface area contributed by atoms with Crippen molar-refractivity contribution < 1.29 is 19.1 Å². The SMILES string of the molecule is CCOC(=O)c1c(NC(=O)c2cc(Cl)cc(Cl)c2OC)sc(C)c1C. The summed E-state index contributed by atoms with van der Waals surface area (Å²) in [6.45, 7) is 5.65. The quantitative estimate of drug-likeness (QED) is 0.706. The van der Waals surface area contributed by atoms with Crippen molar-refractivity contribution in [2.75, 3.05) is 19.0 Å². The van der Waals surface area contributed by atoms with Crippen LogP contribution in [0, 0.1) is 13.8 Å². The van der Waals surface area contributed by atoms with Gasteiger partial charge in [0.2, 0.25) is 0 Å². The number of ether oxygens (including phenoxy) is 2. The van der Waals surface area contributed by atoms with E-state index in [1.165, 1.54) is 30.6 Å². The molecule has 0 bridgehead atoms. The van der Waals surface area contributed by atoms with Gasteiger partial charge in [0.25, 0.3) is 5.91 Å². The fourth-order valence-corrected chi connectivity index (χ4v) is 3.89. The number of aryl methyl sites for hydroxylation is 1. The molecular weight excluding hydrogens is 385 g/mol. The number of esters is 1. The highest BCUT2D eigenvalue weighted by Crippen LogP contribution is 2.36. The molecule has 0 radical (unpaired) electrons. The number of rotatable bonds is 5. The van der Waals surface area contributed by atoms with E-state index < -0.39 is 11.9 Å². The second-order valence-corrected chi connectivity index (χ2v) is 7.20. The molecule has 8 heteroatoms. The predicted molar refractivity (Wildman–Crippen MR) is 101 cm³/mol. The molecule has 134 valence electrons. The first-order valence-corrected chi connectivity index (χ1v) is 8.98. The van der Waals surface area contributed by atoms with Gasteiger partial charge in [-0.1, -0.05) is 23.2 Å². The summed E-state index contributed by atoms with van der Waals surface area (Å²) in [5.74, 6) is -0.741. The number of amides is 1. The summed E-state index contributed by atoms with van der Waals surface area (Å²) in [5, 5.41) is 3.68. The van der Waals surface area contributed by atoms with Gasteiger partial charge in [0, 0.05) is 9.90 Å². The highest BCUT2D eigenvalue weighted by molar-refractivity contribution is 7.16. The molecule has 1 N–H and O–H groups in total. The molecule has 0 aliphatic carbocycles. The topological polar surface area (TPSA) is 64.6 Å². The number of halogens is 2. The Bertz CT molecular complexity index is 833. The number of hydrogen-bond acceptors (Lipinski definition) is 5. The molecule has 0 unspecified atom stereocenters. The van der Waals surface area contributed by atoms with Gasteiger partial charge in [0.15, 0.2) is 0 Å². The molecule has 5 nitrogen and oxygen atoms in total. The monoisotopic (exact) mass is 401 g/mol. The number of benzene rings is 1. The van der Waals surface area contributed by atoms with E-state index in [1.54, 1.807) is 6.92 Å². The number of carbonyl (C=O) groups excluding carboxylic acids is 2. The molecule has 1 aromatic carbocycles. The van der Waals surface area contributed by atoms with Crippen molar-refractivity contribution in [1.29, 1.82) is 0 Å². The second-order valence-electron chi connectivity index (χ2n) is 5.13. The lowest BCUT2D eigenvalue weighted by molar-refractivity contribution is 0.0527. The van der Waals surface area contributed by atoms with Crippen LogP contribution in [0.5, 0.6) is 5.75 Å². The lowest BCUT2D eigenvalue weighted by atomic mass is 10.1. The Hall–Kier alpha value is -1.76. The average Bonchev–Trinajstić information content (AvgIpc) is 2.81. The van der Waals surface area contributed by atoms with Crippen LogP contribution < -0.4 is 10.1 Å². The van der Waals surface area contributed by atoms with E-state index in [4.69, 9.17) is 32.7 Å². The van der Waals surface area contributed by atoms with Gasteiger partial charge in [-0.15, -0.1) is 11.3 Å². The van der Waals surface area contributed by atoms with Gasteiger partial charge in [-0.05, 0) is 38.5 Å². The predicted octanol–water partition coefficient (Wildman–Crippen LogP) is 5.11. The Labute approximate surface area is 159 Å². The van der Waals surface area contributed by atoms with E-state index in [-0.39, 0.29) is 22.9 Å². The molecule has 0 saturated heterocycles. The van der Waals surface area contributed by atoms with E-state index in [2.05, 4.69) is 5.32 Å². The fraction of sp³-hybridized carbons (Fsp3) is 0.294. The third-order valence-corrected chi connectivity index (χ3v) is 5.17. The van der Waals surface area contributed by atoms with Crippen molar-refractivity contribution in [2.24, 2.45) is 0 Å². The molecule has 0 spiro atoms. The van der Waals surface area contributed by atoms with Crippen molar-refractivity contribution in [3.05, 3.63) is 43.7 Å². The molecule has 25 heavy (non-hydrogen) atoms. The number of methoxy groups -OCH3 is 1. The molecule has 0 atom stereocenters. The summed E-state index contributed by atoms with van der Waals surface area (Å²) in [6, 6.07) is 2.95.